The molecular weight excluding hydrogens is 458 g/mol. The van der Waals surface area contributed by atoms with E-state index >= 15 is 0 Å². The Morgan fingerprint density at radius 3 is 2.65 bits per heavy atom. The van der Waals surface area contributed by atoms with E-state index in [1.54, 1.807) is 25.4 Å². The minimum absolute atomic E-state index is 0.0299. The van der Waals surface area contributed by atoms with Crippen LogP contribution in [0.1, 0.15) is 27.2 Å². The number of carboxylic acid groups (broad SMARTS) is 1. The molecule has 4 rings (SSSR count). The summed E-state index contributed by atoms with van der Waals surface area (Å²) in [6.45, 7) is 7.63. The predicted molar refractivity (Wildman–Crippen MR) is 132 cm³/mol. The van der Waals surface area contributed by atoms with Crippen molar-refractivity contribution in [3.8, 4) is 5.75 Å². The summed E-state index contributed by atoms with van der Waals surface area (Å²) >= 11 is 6.39. The summed E-state index contributed by atoms with van der Waals surface area (Å²) in [6.07, 6.45) is 1.64. The normalized spacial score (nSPS) is 19.1. The Hall–Kier alpha value is -3.33. The molecule has 2 aromatic heterocycles. The Morgan fingerprint density at radius 2 is 1.97 bits per heavy atom. The first-order chi connectivity index (χ1) is 16.1. The van der Waals surface area contributed by atoms with Gasteiger partial charge in [0, 0.05) is 31.2 Å². The maximum Gasteiger partial charge on any atom is 0.344 e. The third-order valence-corrected chi connectivity index (χ3v) is 6.26. The Labute approximate surface area is 202 Å². The molecule has 9 nitrogen and oxygen atoms in total. The van der Waals surface area contributed by atoms with Crippen molar-refractivity contribution in [2.45, 2.75) is 33.3 Å². The molecule has 1 saturated heterocycles. The number of pyridine rings is 1. The maximum atomic E-state index is 12.6. The number of hydrogen-bond donors (Lipinski definition) is 2. The van der Waals surface area contributed by atoms with Crippen LogP contribution in [0.4, 0.5) is 17.5 Å². The van der Waals surface area contributed by atoms with E-state index in [0.29, 0.717) is 45.2 Å². The van der Waals surface area contributed by atoms with Gasteiger partial charge in [-0.1, -0.05) is 25.4 Å². The first-order valence-corrected chi connectivity index (χ1v) is 11.6. The van der Waals surface area contributed by atoms with E-state index in [2.05, 4.69) is 34.0 Å². The summed E-state index contributed by atoms with van der Waals surface area (Å²) in [7, 11) is 1.62. The van der Waals surface area contributed by atoms with Gasteiger partial charge in [0.25, 0.3) is 5.56 Å². The SMILES string of the molecule is C[C@@H]1C[C@H](C)CN(c2ncc(Cl)c(Nc3ccc4c(c3)cc(O[C@@H](C)C(=O)O)c(=O)n4C)n2)C1. The van der Waals surface area contributed by atoms with Crippen molar-refractivity contribution in [2.75, 3.05) is 23.3 Å². The van der Waals surface area contributed by atoms with Gasteiger partial charge in [-0.05, 0) is 49.4 Å². The maximum absolute atomic E-state index is 12.6. The highest BCUT2D eigenvalue weighted by Gasteiger charge is 2.24. The van der Waals surface area contributed by atoms with E-state index in [1.165, 1.54) is 17.9 Å². The molecule has 0 bridgehead atoms. The zero-order chi connectivity index (χ0) is 24.6. The van der Waals surface area contributed by atoms with Gasteiger partial charge < -0.3 is 24.6 Å². The van der Waals surface area contributed by atoms with Gasteiger partial charge >= 0.3 is 5.97 Å². The molecule has 34 heavy (non-hydrogen) atoms. The molecule has 3 atom stereocenters. The van der Waals surface area contributed by atoms with Crippen LogP contribution < -0.4 is 20.5 Å². The number of aliphatic carboxylic acids is 1. The van der Waals surface area contributed by atoms with Crippen LogP contribution in [0.25, 0.3) is 10.9 Å². The topological polar surface area (TPSA) is 110 Å². The highest BCUT2D eigenvalue weighted by Crippen LogP contribution is 2.30. The van der Waals surface area contributed by atoms with Crippen LogP contribution in [-0.2, 0) is 11.8 Å². The fourth-order valence-electron chi connectivity index (χ4n) is 4.42. The number of hydrogen-bond acceptors (Lipinski definition) is 7. The van der Waals surface area contributed by atoms with E-state index in [0.717, 1.165) is 13.1 Å². The first kappa shape index (κ1) is 23.8. The second kappa shape index (κ2) is 9.50. The zero-order valence-electron chi connectivity index (χ0n) is 19.6. The quantitative estimate of drug-likeness (QED) is 0.538. The van der Waals surface area contributed by atoms with E-state index in [9.17, 15) is 9.59 Å². The van der Waals surface area contributed by atoms with Gasteiger partial charge in [-0.3, -0.25) is 4.79 Å². The molecule has 0 aliphatic carbocycles. The number of rotatable bonds is 6. The minimum Gasteiger partial charge on any atom is -0.479 e. The molecule has 0 saturated carbocycles. The van der Waals surface area contributed by atoms with Crippen LogP contribution in [0, 0.1) is 11.8 Å². The number of ether oxygens (including phenoxy) is 1. The lowest BCUT2D eigenvalue weighted by molar-refractivity contribution is -0.144. The molecule has 0 spiro atoms. The summed E-state index contributed by atoms with van der Waals surface area (Å²) in [5.41, 5.74) is 0.974. The van der Waals surface area contributed by atoms with Crippen molar-refractivity contribution in [3.05, 3.63) is 45.8 Å². The van der Waals surface area contributed by atoms with Crippen molar-refractivity contribution in [1.29, 1.82) is 0 Å². The van der Waals surface area contributed by atoms with Crippen LogP contribution >= 0.6 is 11.6 Å². The Kier molecular flexibility index (Phi) is 6.65. The second-order valence-corrected chi connectivity index (χ2v) is 9.49. The average Bonchev–Trinajstić information content (AvgIpc) is 2.78. The van der Waals surface area contributed by atoms with Gasteiger partial charge in [0.05, 0.1) is 11.7 Å². The Balaban J connectivity index is 1.65. The highest BCUT2D eigenvalue weighted by molar-refractivity contribution is 6.32. The minimum atomic E-state index is -1.15. The molecule has 0 amide bonds. The number of carbonyl (C=O) groups is 1. The van der Waals surface area contributed by atoms with Gasteiger partial charge in [0.1, 0.15) is 5.02 Å². The number of nitrogens with one attached hydrogen (secondary N) is 1. The summed E-state index contributed by atoms with van der Waals surface area (Å²) in [5, 5.41) is 13.5. The third kappa shape index (κ3) is 4.94. The van der Waals surface area contributed by atoms with E-state index in [4.69, 9.17) is 21.4 Å². The highest BCUT2D eigenvalue weighted by atomic mass is 35.5. The molecule has 1 aliphatic rings. The van der Waals surface area contributed by atoms with Crippen LogP contribution in [0.15, 0.2) is 35.3 Å². The van der Waals surface area contributed by atoms with Crippen LogP contribution in [0.3, 0.4) is 0 Å². The molecule has 10 heteroatoms. The van der Waals surface area contributed by atoms with Crippen molar-refractivity contribution in [3.63, 3.8) is 0 Å². The lowest BCUT2D eigenvalue weighted by atomic mass is 9.92. The van der Waals surface area contributed by atoms with Gasteiger partial charge in [-0.25, -0.2) is 9.78 Å². The third-order valence-electron chi connectivity index (χ3n) is 5.99. The first-order valence-electron chi connectivity index (χ1n) is 11.2. The van der Waals surface area contributed by atoms with Gasteiger partial charge in [-0.15, -0.1) is 0 Å². The molecule has 3 aromatic rings. The molecule has 0 unspecified atom stereocenters. The standard InChI is InChI=1S/C24H28ClN5O4/c1-13-7-14(2)12-30(11-13)24-26-10-18(25)21(28-24)27-17-5-6-19-16(8-17)9-20(22(31)29(19)4)34-15(3)23(32)33/h5-6,8-10,13-15H,7,11-12H2,1-4H3,(H,32,33)(H,26,27,28)/t13-,14+,15-/m0/s1. The number of nitrogens with zero attached hydrogens (tertiary/aromatic N) is 4. The predicted octanol–water partition coefficient (Wildman–Crippen LogP) is 4.06. The van der Waals surface area contributed by atoms with Crippen molar-refractivity contribution in [2.24, 2.45) is 18.9 Å². The van der Waals surface area contributed by atoms with Crippen LogP contribution in [0.5, 0.6) is 5.75 Å². The number of anilines is 3. The number of halogens is 1. The monoisotopic (exact) mass is 485 g/mol. The molecule has 1 aromatic carbocycles. The molecule has 180 valence electrons. The second-order valence-electron chi connectivity index (χ2n) is 9.09. The van der Waals surface area contributed by atoms with Crippen molar-refractivity contribution in [1.82, 2.24) is 14.5 Å². The molecule has 1 fully saturated rings. The lowest BCUT2D eigenvalue weighted by Gasteiger charge is -2.35. The number of carboxylic acids is 1. The summed E-state index contributed by atoms with van der Waals surface area (Å²) in [5.74, 6) is 1.06. The van der Waals surface area contributed by atoms with Crippen LogP contribution in [0.2, 0.25) is 5.02 Å². The van der Waals surface area contributed by atoms with E-state index in [1.807, 2.05) is 12.1 Å². The van der Waals surface area contributed by atoms with Crippen molar-refractivity contribution >= 4 is 45.9 Å². The Bertz CT molecular complexity index is 1280. The van der Waals surface area contributed by atoms with Gasteiger partial charge in [0.2, 0.25) is 5.95 Å². The molecule has 1 aliphatic heterocycles. The summed E-state index contributed by atoms with van der Waals surface area (Å²) in [6, 6.07) is 7.00. The number of benzene rings is 1. The summed E-state index contributed by atoms with van der Waals surface area (Å²) < 4.78 is 6.80. The fraction of sp³-hybridized carbons (Fsp3) is 0.417. The number of piperidine rings is 1. The zero-order valence-corrected chi connectivity index (χ0v) is 20.3. The van der Waals surface area contributed by atoms with Crippen LogP contribution in [-0.4, -0.2) is 44.8 Å². The smallest absolute Gasteiger partial charge is 0.344 e. The molecule has 0 radical (unpaired) electrons. The summed E-state index contributed by atoms with van der Waals surface area (Å²) in [4.78, 5) is 35.0. The van der Waals surface area contributed by atoms with Gasteiger partial charge in [0.15, 0.2) is 17.7 Å². The number of aromatic nitrogens is 3. The van der Waals surface area contributed by atoms with E-state index in [-0.39, 0.29) is 5.75 Å². The van der Waals surface area contributed by atoms with Gasteiger partial charge in [-0.2, -0.15) is 4.98 Å². The average molecular weight is 486 g/mol. The fourth-order valence-corrected chi connectivity index (χ4v) is 4.56. The van der Waals surface area contributed by atoms with Crippen molar-refractivity contribution < 1.29 is 14.6 Å². The molecule has 3 heterocycles. The largest absolute Gasteiger partial charge is 0.479 e. The number of aryl methyl sites for hydroxylation is 1. The Morgan fingerprint density at radius 1 is 1.26 bits per heavy atom. The lowest BCUT2D eigenvalue weighted by Crippen LogP contribution is -2.39. The van der Waals surface area contributed by atoms with E-state index < -0.39 is 17.6 Å². The molecular formula is C24H28ClN5O4. The number of fused-ring (bicyclic) bond motifs is 1. The molecule has 2 N–H and O–H groups in total.